The van der Waals surface area contributed by atoms with Crippen molar-refractivity contribution in [2.24, 2.45) is 0 Å². The number of rotatable bonds is 0. The first-order valence-electron chi connectivity index (χ1n) is 0.428. The largest absolute Gasteiger partial charge is 1.00 e. The van der Waals surface area contributed by atoms with Crippen LogP contribution >= 0.6 is 0 Å². The van der Waals surface area contributed by atoms with Crippen LogP contribution in [0, 0.1) is 0 Å². The molecule has 0 radical (unpaired) electrons. The molecule has 0 aromatic carbocycles. The Kier molecular flexibility index (Phi) is 20.0. The molecular weight excluding hydrogens is 83.1 g/mol. The summed E-state index contributed by atoms with van der Waals surface area (Å²) in [5, 5.41) is 0. The molecule has 0 saturated heterocycles. The molecule has 0 amide bonds. The molecule has 3 heteroatoms. The molecule has 0 aliphatic heterocycles. The fourth-order valence-corrected chi connectivity index (χ4v) is 0. The van der Waals surface area contributed by atoms with Gasteiger partial charge in [-0.05, 0) is 0 Å². The summed E-state index contributed by atoms with van der Waals surface area (Å²) < 4.78 is 0. The van der Waals surface area contributed by atoms with E-state index in [0.29, 0.717) is 6.15 Å². The van der Waals surface area contributed by atoms with Crippen molar-refractivity contribution in [3.63, 3.8) is 0 Å². The third kappa shape index (κ3) is 11.9. The van der Waals surface area contributed by atoms with Crippen LogP contribution in [0.5, 0.6) is 0 Å². The van der Waals surface area contributed by atoms with Gasteiger partial charge >= 0.3 is 57.5 Å². The van der Waals surface area contributed by atoms with E-state index in [-0.39, 0.29) is 51.4 Å². The van der Waals surface area contributed by atoms with Gasteiger partial charge < -0.3 is 0 Å². The van der Waals surface area contributed by atoms with Gasteiger partial charge in [-0.1, -0.05) is 0 Å². The minimum atomic E-state index is 0. The SMILES string of the molecule is O=C=[OH+].[K+]. The van der Waals surface area contributed by atoms with Gasteiger partial charge in [0.15, 0.2) is 0 Å². The van der Waals surface area contributed by atoms with Gasteiger partial charge in [-0.25, -0.2) is 0 Å². The second-order valence-corrected chi connectivity index (χ2v) is 0.0913. The third-order valence-corrected chi connectivity index (χ3v) is 0. The van der Waals surface area contributed by atoms with Crippen LogP contribution in [-0.2, 0) is 4.79 Å². The van der Waals surface area contributed by atoms with Gasteiger partial charge in [0, 0.05) is 0 Å². The average Bonchev–Trinajstić information content (AvgIpc) is 0.918. The summed E-state index contributed by atoms with van der Waals surface area (Å²) >= 11 is 0. The summed E-state index contributed by atoms with van der Waals surface area (Å²) in [6.45, 7) is 0. The van der Waals surface area contributed by atoms with Gasteiger partial charge in [0.25, 0.3) is 0 Å². The standard InChI is InChI=1S/CO2.K/c2-1-3;/q;+1/p+1. The van der Waals surface area contributed by atoms with Gasteiger partial charge in [-0.15, -0.1) is 0 Å². The van der Waals surface area contributed by atoms with Crippen molar-refractivity contribution in [3.05, 3.63) is 0 Å². The molecule has 0 rings (SSSR count). The molecule has 16 valence electrons. The summed E-state index contributed by atoms with van der Waals surface area (Å²) in [6, 6.07) is 0. The molecule has 0 spiro atoms. The average molecular weight is 84.1 g/mol. The second-order valence-electron chi connectivity index (χ2n) is 0.0913. The zero-order valence-corrected chi connectivity index (χ0v) is 5.48. The molecule has 1 N–H and O–H groups in total. The van der Waals surface area contributed by atoms with Crippen molar-refractivity contribution in [1.29, 1.82) is 0 Å². The smallest absolute Gasteiger partial charge is 0.286 e. The summed E-state index contributed by atoms with van der Waals surface area (Å²) in [5.41, 5.74) is 0. The minimum absolute atomic E-state index is 0. The van der Waals surface area contributed by atoms with E-state index in [2.05, 4.69) is 0 Å². The van der Waals surface area contributed by atoms with Crippen LogP contribution in [-0.4, -0.2) is 10.9 Å². The van der Waals surface area contributed by atoms with Crippen molar-refractivity contribution in [2.45, 2.75) is 0 Å². The van der Waals surface area contributed by atoms with Crippen molar-refractivity contribution in [2.75, 3.05) is 0 Å². The topological polar surface area (TPSA) is 38.5 Å². The maximum absolute atomic E-state index is 8.24. The Bertz CT molecular complexity index is 27.0. The first-order valence-corrected chi connectivity index (χ1v) is 0.428. The van der Waals surface area contributed by atoms with Crippen LogP contribution in [0.3, 0.4) is 0 Å². The normalized spacial score (nSPS) is 2.00. The Morgan fingerprint density at radius 1 is 1.75 bits per heavy atom. The van der Waals surface area contributed by atoms with Crippen LogP contribution in [0.1, 0.15) is 0 Å². The van der Waals surface area contributed by atoms with Gasteiger partial charge in [0.05, 0.1) is 0 Å². The predicted octanol–water partition coefficient (Wildman–Crippen LogP) is -3.60. The van der Waals surface area contributed by atoms with Crippen LogP contribution in [0.15, 0.2) is 0 Å². The molecule has 0 aromatic rings. The molecule has 2 nitrogen and oxygen atoms in total. The summed E-state index contributed by atoms with van der Waals surface area (Å²) in [7, 11) is 0. The van der Waals surface area contributed by atoms with Crippen molar-refractivity contribution in [3.8, 4) is 0 Å². The van der Waals surface area contributed by atoms with Gasteiger partial charge in [0.2, 0.25) is 0 Å². The molecule has 0 fully saturated rings. The summed E-state index contributed by atoms with van der Waals surface area (Å²) in [4.78, 5) is 15.0. The Labute approximate surface area is 66.0 Å². The second kappa shape index (κ2) is 8.99. The van der Waals surface area contributed by atoms with Crippen LogP contribution < -0.4 is 51.4 Å². The van der Waals surface area contributed by atoms with E-state index in [9.17, 15) is 0 Å². The number of hydrogen-bond donors (Lipinski definition) is 0. The Morgan fingerprint density at radius 3 is 1.75 bits per heavy atom. The minimum Gasteiger partial charge on any atom is -0.286 e. The maximum Gasteiger partial charge on any atom is 1.00 e. The van der Waals surface area contributed by atoms with E-state index < -0.39 is 0 Å². The molecule has 0 aliphatic rings. The Morgan fingerprint density at radius 2 is 1.75 bits per heavy atom. The van der Waals surface area contributed by atoms with E-state index in [1.807, 2.05) is 0 Å². The first kappa shape index (κ1) is 8.89. The van der Waals surface area contributed by atoms with Gasteiger partial charge in [-0.2, -0.15) is 0 Å². The van der Waals surface area contributed by atoms with Gasteiger partial charge in [0.1, 0.15) is 4.79 Å². The molecule has 0 bridgehead atoms. The molecule has 0 unspecified atom stereocenters. The van der Waals surface area contributed by atoms with Crippen molar-refractivity contribution >= 4 is 6.15 Å². The number of carbonyl (C=O) groups excluding carboxylic acids is 2. The van der Waals surface area contributed by atoms with Crippen LogP contribution in [0.4, 0.5) is 0 Å². The first-order chi connectivity index (χ1) is 1.41. The quantitative estimate of drug-likeness (QED) is 0.221. The predicted molar refractivity (Wildman–Crippen MR) is 6.94 cm³/mol. The van der Waals surface area contributed by atoms with Gasteiger partial charge in [-0.3, -0.25) is 4.79 Å². The fourth-order valence-electron chi connectivity index (χ4n) is 0. The molecule has 0 heterocycles. The van der Waals surface area contributed by atoms with E-state index >= 15 is 0 Å². The Hall–Kier alpha value is 1.02. The molecule has 4 heavy (non-hydrogen) atoms. The van der Waals surface area contributed by atoms with Crippen LogP contribution in [0.2, 0.25) is 0 Å². The molecule has 0 aliphatic carbocycles. The summed E-state index contributed by atoms with van der Waals surface area (Å²) in [6.07, 6.45) is 0.500. The maximum atomic E-state index is 8.24. The van der Waals surface area contributed by atoms with E-state index in [1.54, 1.807) is 0 Å². The fraction of sp³-hybridized carbons (Fsp3) is 0. The number of hydrogen-bond acceptors (Lipinski definition) is 1. The molecular formula is CHKO2+2. The van der Waals surface area contributed by atoms with E-state index in [1.165, 1.54) is 0 Å². The monoisotopic (exact) mass is 84.0 g/mol. The molecule has 0 saturated carbocycles. The van der Waals surface area contributed by atoms with Crippen molar-refractivity contribution in [1.82, 2.24) is 0 Å². The molecule has 0 aromatic heterocycles. The van der Waals surface area contributed by atoms with E-state index in [0.717, 1.165) is 0 Å². The van der Waals surface area contributed by atoms with E-state index in [4.69, 9.17) is 9.59 Å². The zero-order valence-electron chi connectivity index (χ0n) is 2.36. The molecule has 0 atom stereocenters. The Balaban J connectivity index is 0. The van der Waals surface area contributed by atoms with Crippen LogP contribution in [0.25, 0.3) is 0 Å². The summed E-state index contributed by atoms with van der Waals surface area (Å²) in [5.74, 6) is 0. The third-order valence-electron chi connectivity index (χ3n) is 0. The zero-order chi connectivity index (χ0) is 2.71. The van der Waals surface area contributed by atoms with Crippen molar-refractivity contribution < 1.29 is 61.0 Å².